The third-order valence-corrected chi connectivity index (χ3v) is 3.11. The lowest BCUT2D eigenvalue weighted by atomic mass is 10.1. The number of benzene rings is 1. The molecule has 0 heterocycles. The Balaban J connectivity index is 2.85. The Hall–Kier alpha value is -1.92. The summed E-state index contributed by atoms with van der Waals surface area (Å²) < 4.78 is 5.13. The zero-order valence-corrected chi connectivity index (χ0v) is 11.8. The summed E-state index contributed by atoms with van der Waals surface area (Å²) >= 11 is 0. The van der Waals surface area contributed by atoms with Gasteiger partial charge in [0, 0.05) is 32.0 Å². The standard InChI is InChI=1S/C14H21N3O3/c1-17(8-7-11(9-18)20-2)13-6-4-3-5-12(13)14(15)16-10-19/h3-6,10-11,18H,7-9H2,1-2H3,(H2,15,16,19). The summed E-state index contributed by atoms with van der Waals surface area (Å²) in [5.74, 6) is 0.188. The maximum absolute atomic E-state index is 10.4. The number of hydrogen-bond donors (Lipinski definition) is 2. The van der Waals surface area contributed by atoms with Crippen LogP contribution in [0.3, 0.4) is 0 Å². The molecule has 0 saturated carbocycles. The molecule has 0 aliphatic heterocycles. The molecule has 0 fully saturated rings. The number of nitrogens with zero attached hydrogens (tertiary/aromatic N) is 2. The molecule has 6 heteroatoms. The van der Waals surface area contributed by atoms with Gasteiger partial charge in [0.1, 0.15) is 5.84 Å². The van der Waals surface area contributed by atoms with Gasteiger partial charge in [-0.25, -0.2) is 0 Å². The molecular weight excluding hydrogens is 258 g/mol. The summed E-state index contributed by atoms with van der Waals surface area (Å²) in [6, 6.07) is 7.45. The van der Waals surface area contributed by atoms with Gasteiger partial charge < -0.3 is 20.5 Å². The summed E-state index contributed by atoms with van der Waals surface area (Å²) in [5.41, 5.74) is 7.37. The number of methoxy groups -OCH3 is 1. The first-order chi connectivity index (χ1) is 9.63. The van der Waals surface area contributed by atoms with Crippen molar-refractivity contribution in [3.63, 3.8) is 0 Å². The number of carbonyl (C=O) groups excluding carboxylic acids is 1. The van der Waals surface area contributed by atoms with Gasteiger partial charge >= 0.3 is 0 Å². The van der Waals surface area contributed by atoms with E-state index in [0.29, 0.717) is 24.9 Å². The van der Waals surface area contributed by atoms with Crippen LogP contribution >= 0.6 is 0 Å². The fourth-order valence-corrected chi connectivity index (χ4v) is 1.89. The van der Waals surface area contributed by atoms with E-state index in [0.717, 1.165) is 5.69 Å². The molecule has 0 aromatic heterocycles. The highest BCUT2D eigenvalue weighted by Crippen LogP contribution is 2.19. The van der Waals surface area contributed by atoms with Crippen molar-refractivity contribution in [2.45, 2.75) is 12.5 Å². The van der Waals surface area contributed by atoms with Crippen LogP contribution in [0.25, 0.3) is 0 Å². The Kier molecular flexibility index (Phi) is 6.69. The largest absolute Gasteiger partial charge is 0.394 e. The van der Waals surface area contributed by atoms with Gasteiger partial charge in [0.2, 0.25) is 6.41 Å². The van der Waals surface area contributed by atoms with Gasteiger partial charge in [0.05, 0.1) is 12.7 Å². The van der Waals surface area contributed by atoms with Gasteiger partial charge in [-0.3, -0.25) is 4.79 Å². The number of aliphatic hydroxyl groups excluding tert-OH is 1. The first-order valence-corrected chi connectivity index (χ1v) is 6.35. The van der Waals surface area contributed by atoms with Gasteiger partial charge in [0.25, 0.3) is 0 Å². The Morgan fingerprint density at radius 1 is 1.55 bits per heavy atom. The number of amides is 1. The minimum Gasteiger partial charge on any atom is -0.394 e. The van der Waals surface area contributed by atoms with E-state index in [1.807, 2.05) is 36.2 Å². The number of aliphatic imine (C=N–C) groups is 1. The zero-order chi connectivity index (χ0) is 15.0. The molecule has 20 heavy (non-hydrogen) atoms. The minimum absolute atomic E-state index is 0.0132. The molecule has 0 spiro atoms. The van der Waals surface area contributed by atoms with Gasteiger partial charge in [-0.05, 0) is 18.6 Å². The summed E-state index contributed by atoms with van der Waals surface area (Å²) in [6.07, 6.45) is 0.923. The van der Waals surface area contributed by atoms with Gasteiger partial charge in [-0.15, -0.1) is 0 Å². The van der Waals surface area contributed by atoms with Crippen LogP contribution < -0.4 is 10.6 Å². The average Bonchev–Trinajstić information content (AvgIpc) is 2.48. The van der Waals surface area contributed by atoms with Crippen molar-refractivity contribution in [2.75, 3.05) is 32.2 Å². The van der Waals surface area contributed by atoms with Crippen molar-refractivity contribution in [2.24, 2.45) is 10.7 Å². The highest BCUT2D eigenvalue weighted by Gasteiger charge is 2.12. The van der Waals surface area contributed by atoms with E-state index in [4.69, 9.17) is 15.6 Å². The maximum Gasteiger partial charge on any atom is 0.234 e. The van der Waals surface area contributed by atoms with Gasteiger partial charge in [-0.1, -0.05) is 12.1 Å². The second-order valence-corrected chi connectivity index (χ2v) is 4.39. The Morgan fingerprint density at radius 3 is 2.85 bits per heavy atom. The highest BCUT2D eigenvalue weighted by molar-refractivity contribution is 6.05. The Bertz CT molecular complexity index is 459. The summed E-state index contributed by atoms with van der Waals surface area (Å²) in [6.45, 7) is 0.672. The molecule has 0 radical (unpaired) electrons. The van der Waals surface area contributed by atoms with Gasteiger partial charge in [0.15, 0.2) is 0 Å². The predicted octanol–water partition coefficient (Wildman–Crippen LogP) is 0.382. The summed E-state index contributed by atoms with van der Waals surface area (Å²) in [4.78, 5) is 16.0. The lowest BCUT2D eigenvalue weighted by Gasteiger charge is -2.24. The number of nitrogens with two attached hydrogens (primary N) is 1. The number of amidine groups is 1. The molecule has 1 aromatic rings. The molecule has 1 aromatic carbocycles. The lowest BCUT2D eigenvalue weighted by Crippen LogP contribution is -2.28. The maximum atomic E-state index is 10.4. The summed E-state index contributed by atoms with van der Waals surface area (Å²) in [7, 11) is 3.49. The molecule has 0 aliphatic carbocycles. The number of rotatable bonds is 8. The minimum atomic E-state index is -0.189. The molecule has 0 saturated heterocycles. The quantitative estimate of drug-likeness (QED) is 0.408. The molecule has 1 atom stereocenters. The number of ether oxygens (including phenoxy) is 1. The topological polar surface area (TPSA) is 88.2 Å². The van der Waals surface area contributed by atoms with Crippen LogP contribution in [0.15, 0.2) is 29.3 Å². The van der Waals surface area contributed by atoms with Crippen LogP contribution in [0.2, 0.25) is 0 Å². The van der Waals surface area contributed by atoms with E-state index in [1.54, 1.807) is 7.11 Å². The van der Waals surface area contributed by atoms with E-state index < -0.39 is 0 Å². The van der Waals surface area contributed by atoms with Crippen molar-refractivity contribution in [1.29, 1.82) is 0 Å². The molecule has 1 amide bonds. The number of hydrogen-bond acceptors (Lipinski definition) is 4. The zero-order valence-electron chi connectivity index (χ0n) is 11.8. The fourth-order valence-electron chi connectivity index (χ4n) is 1.89. The number of anilines is 1. The number of aliphatic hydroxyl groups is 1. The van der Waals surface area contributed by atoms with E-state index >= 15 is 0 Å². The second kappa shape index (κ2) is 8.29. The van der Waals surface area contributed by atoms with Crippen LogP contribution in [0.1, 0.15) is 12.0 Å². The van der Waals surface area contributed by atoms with Crippen LogP contribution in [0.5, 0.6) is 0 Å². The van der Waals surface area contributed by atoms with Crippen LogP contribution in [0.4, 0.5) is 5.69 Å². The van der Waals surface area contributed by atoms with Crippen molar-refractivity contribution < 1.29 is 14.6 Å². The third-order valence-electron chi connectivity index (χ3n) is 3.11. The SMILES string of the molecule is COC(CO)CCN(C)c1ccccc1C(N)=NC=O. The third kappa shape index (κ3) is 4.32. The Labute approximate surface area is 118 Å². The van der Waals surface area contributed by atoms with Crippen molar-refractivity contribution in [1.82, 2.24) is 0 Å². The molecule has 6 nitrogen and oxygen atoms in total. The lowest BCUT2D eigenvalue weighted by molar-refractivity contribution is -0.106. The summed E-state index contributed by atoms with van der Waals surface area (Å²) in [5, 5.41) is 9.10. The Morgan fingerprint density at radius 2 is 2.25 bits per heavy atom. The molecule has 0 aliphatic rings. The molecule has 110 valence electrons. The van der Waals surface area contributed by atoms with Crippen molar-refractivity contribution >= 4 is 17.9 Å². The van der Waals surface area contributed by atoms with E-state index in [-0.39, 0.29) is 18.5 Å². The van der Waals surface area contributed by atoms with Crippen LogP contribution in [0, 0.1) is 0 Å². The average molecular weight is 279 g/mol. The second-order valence-electron chi connectivity index (χ2n) is 4.39. The monoisotopic (exact) mass is 279 g/mol. The van der Waals surface area contributed by atoms with Crippen molar-refractivity contribution in [3.8, 4) is 0 Å². The molecule has 1 unspecified atom stereocenters. The van der Waals surface area contributed by atoms with E-state index in [2.05, 4.69) is 4.99 Å². The van der Waals surface area contributed by atoms with E-state index in [9.17, 15) is 4.79 Å². The number of carbonyl (C=O) groups is 1. The van der Waals surface area contributed by atoms with Crippen LogP contribution in [-0.2, 0) is 9.53 Å². The molecule has 1 rings (SSSR count). The fraction of sp³-hybridized carbons (Fsp3) is 0.429. The van der Waals surface area contributed by atoms with Crippen LogP contribution in [-0.4, -0.2) is 50.8 Å². The first kappa shape index (κ1) is 16.1. The van der Waals surface area contributed by atoms with E-state index in [1.165, 1.54) is 0 Å². The normalized spacial score (nSPS) is 13.1. The highest BCUT2D eigenvalue weighted by atomic mass is 16.5. The first-order valence-electron chi connectivity index (χ1n) is 6.35. The smallest absolute Gasteiger partial charge is 0.234 e. The molecule has 0 bridgehead atoms. The number of para-hydroxylation sites is 1. The van der Waals surface area contributed by atoms with Crippen molar-refractivity contribution in [3.05, 3.63) is 29.8 Å². The molecule has 3 N–H and O–H groups in total. The molecular formula is C14H21N3O3. The van der Waals surface area contributed by atoms with Gasteiger partial charge in [-0.2, -0.15) is 4.99 Å². The predicted molar refractivity (Wildman–Crippen MR) is 79.0 cm³/mol.